The molecule has 0 unspecified atom stereocenters. The summed E-state index contributed by atoms with van der Waals surface area (Å²) in [6.07, 6.45) is 0.666. The van der Waals surface area contributed by atoms with Crippen LogP contribution in [0.15, 0.2) is 18.2 Å². The molecule has 3 fully saturated rings. The van der Waals surface area contributed by atoms with Gasteiger partial charge in [0.1, 0.15) is 12.1 Å². The Labute approximate surface area is 164 Å². The molecule has 0 aliphatic carbocycles. The van der Waals surface area contributed by atoms with E-state index in [2.05, 4.69) is 6.07 Å². The molecular formula is C18H17IN4O3. The second-order valence-electron chi connectivity index (χ2n) is 7.19. The van der Waals surface area contributed by atoms with E-state index in [1.54, 1.807) is 28.0 Å². The zero-order valence-corrected chi connectivity index (χ0v) is 16.5. The van der Waals surface area contributed by atoms with Gasteiger partial charge in [-0.1, -0.05) is 13.8 Å². The molecule has 0 saturated carbocycles. The minimum absolute atomic E-state index is 0.0313. The van der Waals surface area contributed by atoms with Crippen molar-refractivity contribution in [2.45, 2.75) is 38.4 Å². The summed E-state index contributed by atoms with van der Waals surface area (Å²) in [6.45, 7) is 4.19. The molecule has 1 aromatic rings. The third-order valence-electron chi connectivity index (χ3n) is 5.37. The summed E-state index contributed by atoms with van der Waals surface area (Å²) in [5.74, 6) is -0.390. The number of nitrogens with zero attached hydrogens (tertiary/aromatic N) is 4. The summed E-state index contributed by atoms with van der Waals surface area (Å²) in [4.78, 5) is 43.0. The first kappa shape index (κ1) is 17.3. The van der Waals surface area contributed by atoms with Gasteiger partial charge in [0.25, 0.3) is 5.91 Å². The highest BCUT2D eigenvalue weighted by atomic mass is 127. The molecule has 0 radical (unpaired) electrons. The van der Waals surface area contributed by atoms with Gasteiger partial charge in [0.2, 0.25) is 5.91 Å². The number of carbonyl (C=O) groups excluding carboxylic acids is 3. The van der Waals surface area contributed by atoms with Crippen LogP contribution >= 0.6 is 22.6 Å². The number of piperazine rings is 1. The maximum Gasteiger partial charge on any atom is 0.332 e. The predicted molar refractivity (Wildman–Crippen MR) is 101 cm³/mol. The fraction of sp³-hybridized carbons (Fsp3) is 0.444. The van der Waals surface area contributed by atoms with Crippen molar-refractivity contribution in [1.29, 1.82) is 5.26 Å². The fourth-order valence-electron chi connectivity index (χ4n) is 4.21. The molecule has 0 N–H and O–H groups in total. The SMILES string of the molecule is CC(C)C(=O)N1C[C@@H]2C[C@H]1[C@@H]1C(=O)N(c3ccc(C#N)c(I)c3)C(=O)N21. The van der Waals surface area contributed by atoms with Crippen LogP contribution in [-0.2, 0) is 9.59 Å². The Morgan fingerprint density at radius 2 is 2.08 bits per heavy atom. The lowest BCUT2D eigenvalue weighted by Crippen LogP contribution is -2.55. The number of fused-ring (bicyclic) bond motifs is 5. The maximum absolute atomic E-state index is 13.0. The van der Waals surface area contributed by atoms with Crippen molar-refractivity contribution in [2.24, 2.45) is 5.92 Å². The lowest BCUT2D eigenvalue weighted by molar-refractivity contribution is -0.138. The number of likely N-dealkylation sites (tertiary alicyclic amines) is 1. The molecule has 8 heteroatoms. The lowest BCUT2D eigenvalue weighted by Gasteiger charge is -2.35. The van der Waals surface area contributed by atoms with Gasteiger partial charge in [-0.2, -0.15) is 5.26 Å². The first-order valence-electron chi connectivity index (χ1n) is 8.51. The number of halogens is 1. The monoisotopic (exact) mass is 464 g/mol. The largest absolute Gasteiger partial charge is 0.335 e. The van der Waals surface area contributed by atoms with Gasteiger partial charge in [-0.15, -0.1) is 0 Å². The molecule has 3 aliphatic heterocycles. The van der Waals surface area contributed by atoms with E-state index in [0.29, 0.717) is 27.8 Å². The van der Waals surface area contributed by atoms with E-state index in [4.69, 9.17) is 5.26 Å². The van der Waals surface area contributed by atoms with E-state index < -0.39 is 6.04 Å². The average Bonchev–Trinajstić information content (AvgIpc) is 3.25. The molecule has 134 valence electrons. The highest BCUT2D eigenvalue weighted by Gasteiger charge is 2.62. The van der Waals surface area contributed by atoms with Gasteiger partial charge in [-0.05, 0) is 47.2 Å². The third-order valence-corrected chi connectivity index (χ3v) is 6.27. The van der Waals surface area contributed by atoms with Gasteiger partial charge in [-0.3, -0.25) is 9.59 Å². The Kier molecular flexibility index (Phi) is 3.95. The molecule has 4 rings (SSSR count). The predicted octanol–water partition coefficient (Wildman–Crippen LogP) is 1.94. The molecule has 4 amide bonds. The molecule has 3 aliphatic rings. The van der Waals surface area contributed by atoms with Crippen LogP contribution < -0.4 is 4.90 Å². The number of rotatable bonds is 2. The Morgan fingerprint density at radius 3 is 2.69 bits per heavy atom. The highest BCUT2D eigenvalue weighted by molar-refractivity contribution is 14.1. The minimum Gasteiger partial charge on any atom is -0.335 e. The van der Waals surface area contributed by atoms with E-state index in [1.807, 2.05) is 36.4 Å². The number of hydrogen-bond acceptors (Lipinski definition) is 4. The molecule has 2 bridgehead atoms. The number of urea groups is 1. The highest BCUT2D eigenvalue weighted by Crippen LogP contribution is 2.42. The smallest absolute Gasteiger partial charge is 0.332 e. The molecule has 1 aromatic carbocycles. The van der Waals surface area contributed by atoms with Crippen LogP contribution in [0.5, 0.6) is 0 Å². The van der Waals surface area contributed by atoms with Crippen molar-refractivity contribution in [3.63, 3.8) is 0 Å². The second kappa shape index (κ2) is 5.94. The molecule has 7 nitrogen and oxygen atoms in total. The van der Waals surface area contributed by atoms with E-state index in [0.717, 1.165) is 0 Å². The fourth-order valence-corrected chi connectivity index (χ4v) is 4.83. The van der Waals surface area contributed by atoms with Crippen molar-refractivity contribution >= 4 is 46.1 Å². The van der Waals surface area contributed by atoms with Gasteiger partial charge in [-0.25, -0.2) is 9.69 Å². The molecule has 0 aromatic heterocycles. The Morgan fingerprint density at radius 1 is 1.35 bits per heavy atom. The zero-order chi connectivity index (χ0) is 18.7. The van der Waals surface area contributed by atoms with E-state index in [9.17, 15) is 14.4 Å². The summed E-state index contributed by atoms with van der Waals surface area (Å²) >= 11 is 2.02. The average molecular weight is 464 g/mol. The number of nitriles is 1. The number of amides is 4. The van der Waals surface area contributed by atoms with E-state index in [-0.39, 0.29) is 35.8 Å². The van der Waals surface area contributed by atoms with Crippen LogP contribution in [0, 0.1) is 20.8 Å². The number of carbonyl (C=O) groups is 3. The molecule has 3 saturated heterocycles. The normalized spacial score (nSPS) is 26.7. The number of imide groups is 1. The van der Waals surface area contributed by atoms with Gasteiger partial charge in [0, 0.05) is 16.0 Å². The van der Waals surface area contributed by atoms with Crippen LogP contribution in [0.3, 0.4) is 0 Å². The number of hydrogen-bond donors (Lipinski definition) is 0. The first-order chi connectivity index (χ1) is 12.3. The molecule has 3 heterocycles. The van der Waals surface area contributed by atoms with Crippen molar-refractivity contribution in [1.82, 2.24) is 9.80 Å². The molecule has 26 heavy (non-hydrogen) atoms. The van der Waals surface area contributed by atoms with Crippen LogP contribution in [0.1, 0.15) is 25.8 Å². The lowest BCUT2D eigenvalue weighted by atomic mass is 10.1. The summed E-state index contributed by atoms with van der Waals surface area (Å²) < 4.78 is 0.690. The molecular weight excluding hydrogens is 447 g/mol. The zero-order valence-electron chi connectivity index (χ0n) is 14.3. The van der Waals surface area contributed by atoms with Crippen LogP contribution in [0.4, 0.5) is 10.5 Å². The van der Waals surface area contributed by atoms with Crippen LogP contribution in [-0.4, -0.2) is 52.3 Å². The van der Waals surface area contributed by atoms with Crippen LogP contribution in [0.25, 0.3) is 0 Å². The molecule has 3 atom stereocenters. The number of anilines is 1. The standard InChI is InChI=1S/C18H17IN4O3/c1-9(2)16(24)21-8-12-6-14(21)15-17(25)23(18(26)22(12)15)11-4-3-10(7-20)13(19)5-11/h3-5,9,12,14-15H,6,8H2,1-2H3/t12-,14-,15+/m0/s1. The van der Waals surface area contributed by atoms with Crippen molar-refractivity contribution in [3.8, 4) is 6.07 Å². The molecule has 0 spiro atoms. The topological polar surface area (TPSA) is 84.7 Å². The summed E-state index contributed by atoms with van der Waals surface area (Å²) in [5, 5.41) is 9.07. The van der Waals surface area contributed by atoms with E-state index >= 15 is 0 Å². The van der Waals surface area contributed by atoms with Crippen molar-refractivity contribution in [2.75, 3.05) is 11.4 Å². The third kappa shape index (κ3) is 2.26. The first-order valence-corrected chi connectivity index (χ1v) is 9.59. The number of benzene rings is 1. The van der Waals surface area contributed by atoms with Gasteiger partial charge < -0.3 is 9.80 Å². The Bertz CT molecular complexity index is 878. The minimum atomic E-state index is -0.600. The van der Waals surface area contributed by atoms with Crippen molar-refractivity contribution < 1.29 is 14.4 Å². The van der Waals surface area contributed by atoms with Gasteiger partial charge in [0.15, 0.2) is 0 Å². The quantitative estimate of drug-likeness (QED) is 0.495. The van der Waals surface area contributed by atoms with E-state index in [1.165, 1.54) is 4.90 Å². The van der Waals surface area contributed by atoms with Crippen LogP contribution in [0.2, 0.25) is 0 Å². The maximum atomic E-state index is 13.0. The summed E-state index contributed by atoms with van der Waals surface area (Å²) in [6, 6.07) is 5.72. The van der Waals surface area contributed by atoms with Gasteiger partial charge in [0.05, 0.1) is 23.3 Å². The second-order valence-corrected chi connectivity index (χ2v) is 8.35. The van der Waals surface area contributed by atoms with Crippen molar-refractivity contribution in [3.05, 3.63) is 27.3 Å². The van der Waals surface area contributed by atoms with Gasteiger partial charge >= 0.3 is 6.03 Å². The Balaban J connectivity index is 1.66. The Hall–Kier alpha value is -2.15. The summed E-state index contributed by atoms with van der Waals surface area (Å²) in [7, 11) is 0. The summed E-state index contributed by atoms with van der Waals surface area (Å²) in [5.41, 5.74) is 0.974.